The molecule has 0 unspecified atom stereocenters. The summed E-state index contributed by atoms with van der Waals surface area (Å²) in [5.41, 5.74) is 6.53. The lowest BCUT2D eigenvalue weighted by molar-refractivity contribution is -0.895. The fraction of sp³-hybridized carbons (Fsp3) is 0.231. The maximum atomic E-state index is 10.1. The SMILES string of the molecule is C=C(C)C[NH+]1CCN(c2cc(-c3ccccc3)c(C#N)c3nc4ccccc4n23)CC1. The van der Waals surface area contributed by atoms with Crippen LogP contribution in [0.4, 0.5) is 5.82 Å². The molecule has 0 aliphatic carbocycles. The number of piperazine rings is 1. The minimum Gasteiger partial charge on any atom is -0.346 e. The highest BCUT2D eigenvalue weighted by atomic mass is 15.3. The van der Waals surface area contributed by atoms with Gasteiger partial charge in [0, 0.05) is 5.56 Å². The number of quaternary nitrogens is 1. The number of anilines is 1. The molecule has 0 amide bonds. The quantitative estimate of drug-likeness (QED) is 0.527. The lowest BCUT2D eigenvalue weighted by Crippen LogP contribution is -3.15. The van der Waals surface area contributed by atoms with Crippen LogP contribution >= 0.6 is 0 Å². The first kappa shape index (κ1) is 19.3. The van der Waals surface area contributed by atoms with E-state index in [-0.39, 0.29) is 0 Å². The van der Waals surface area contributed by atoms with Crippen molar-refractivity contribution in [1.29, 1.82) is 5.26 Å². The second kappa shape index (κ2) is 7.90. The van der Waals surface area contributed by atoms with Crippen molar-refractivity contribution in [2.24, 2.45) is 0 Å². The smallest absolute Gasteiger partial charge is 0.158 e. The molecule has 1 aliphatic rings. The van der Waals surface area contributed by atoms with Gasteiger partial charge < -0.3 is 9.80 Å². The maximum absolute atomic E-state index is 10.1. The van der Waals surface area contributed by atoms with Gasteiger partial charge in [-0.25, -0.2) is 4.98 Å². The largest absolute Gasteiger partial charge is 0.346 e. The van der Waals surface area contributed by atoms with E-state index in [1.54, 1.807) is 4.90 Å². The fourth-order valence-corrected chi connectivity index (χ4v) is 4.66. The molecule has 154 valence electrons. The van der Waals surface area contributed by atoms with Gasteiger partial charge in [0.2, 0.25) is 0 Å². The highest BCUT2D eigenvalue weighted by molar-refractivity contribution is 5.89. The fourth-order valence-electron chi connectivity index (χ4n) is 4.66. The summed E-state index contributed by atoms with van der Waals surface area (Å²) in [4.78, 5) is 8.90. The second-order valence-corrected chi connectivity index (χ2v) is 8.40. The first-order valence-electron chi connectivity index (χ1n) is 10.8. The molecule has 5 rings (SSSR count). The van der Waals surface area contributed by atoms with E-state index < -0.39 is 0 Å². The third-order valence-electron chi connectivity index (χ3n) is 6.10. The van der Waals surface area contributed by atoms with Crippen LogP contribution in [-0.4, -0.2) is 42.1 Å². The molecule has 4 aromatic rings. The third-order valence-corrected chi connectivity index (χ3v) is 6.10. The molecular weight excluding hydrogens is 382 g/mol. The Balaban J connectivity index is 1.70. The average molecular weight is 409 g/mol. The molecule has 5 nitrogen and oxygen atoms in total. The molecule has 3 heterocycles. The maximum Gasteiger partial charge on any atom is 0.158 e. The Morgan fingerprint density at radius 2 is 1.81 bits per heavy atom. The summed E-state index contributed by atoms with van der Waals surface area (Å²) in [6.07, 6.45) is 0. The van der Waals surface area contributed by atoms with E-state index in [1.165, 1.54) is 5.57 Å². The van der Waals surface area contributed by atoms with Gasteiger partial charge >= 0.3 is 0 Å². The number of nitrogens with zero attached hydrogens (tertiary/aromatic N) is 4. The first-order valence-corrected chi connectivity index (χ1v) is 10.8. The number of imidazole rings is 1. The van der Waals surface area contributed by atoms with Crippen molar-refractivity contribution in [3.05, 3.63) is 78.4 Å². The summed E-state index contributed by atoms with van der Waals surface area (Å²) in [7, 11) is 0. The number of para-hydroxylation sites is 2. The number of nitriles is 1. The van der Waals surface area contributed by atoms with Crippen molar-refractivity contribution in [2.45, 2.75) is 6.92 Å². The molecule has 0 atom stereocenters. The van der Waals surface area contributed by atoms with Crippen molar-refractivity contribution in [3.8, 4) is 17.2 Å². The summed E-state index contributed by atoms with van der Waals surface area (Å²) < 4.78 is 2.17. The van der Waals surface area contributed by atoms with Crippen LogP contribution in [0.3, 0.4) is 0 Å². The Kier molecular flexibility index (Phi) is 4.93. The Hall–Kier alpha value is -3.62. The van der Waals surface area contributed by atoms with Gasteiger partial charge in [-0.2, -0.15) is 5.26 Å². The van der Waals surface area contributed by atoms with E-state index in [2.05, 4.69) is 53.1 Å². The lowest BCUT2D eigenvalue weighted by atomic mass is 10.0. The number of aromatic nitrogens is 2. The van der Waals surface area contributed by atoms with E-state index in [4.69, 9.17) is 4.98 Å². The number of nitrogens with one attached hydrogen (secondary N) is 1. The van der Waals surface area contributed by atoms with E-state index >= 15 is 0 Å². The van der Waals surface area contributed by atoms with Crippen molar-refractivity contribution >= 4 is 22.5 Å². The molecular formula is C26H26N5+. The standard InChI is InChI=1S/C26H25N5/c1-19(2)18-29-12-14-30(15-13-29)25-16-21(20-8-4-3-5-9-20)22(17-27)26-28-23-10-6-7-11-24(23)31(25)26/h3-11,16H,1,12-15,18H2,2H3/p+1. The predicted octanol–water partition coefficient (Wildman–Crippen LogP) is 3.31. The molecule has 31 heavy (non-hydrogen) atoms. The zero-order chi connectivity index (χ0) is 21.4. The Morgan fingerprint density at radius 3 is 2.52 bits per heavy atom. The number of hydrogen-bond donors (Lipinski definition) is 1. The van der Waals surface area contributed by atoms with E-state index in [9.17, 15) is 5.26 Å². The lowest BCUT2D eigenvalue weighted by Gasteiger charge is -2.34. The zero-order valence-corrected chi connectivity index (χ0v) is 17.8. The van der Waals surface area contributed by atoms with E-state index in [0.29, 0.717) is 5.56 Å². The van der Waals surface area contributed by atoms with Crippen LogP contribution in [-0.2, 0) is 0 Å². The van der Waals surface area contributed by atoms with Gasteiger partial charge in [0.05, 0.1) is 43.8 Å². The van der Waals surface area contributed by atoms with Crippen LogP contribution in [0.2, 0.25) is 0 Å². The Morgan fingerprint density at radius 1 is 1.10 bits per heavy atom. The second-order valence-electron chi connectivity index (χ2n) is 8.40. The number of benzene rings is 2. The van der Waals surface area contributed by atoms with Crippen LogP contribution in [0.25, 0.3) is 27.8 Å². The normalized spacial score (nSPS) is 14.8. The summed E-state index contributed by atoms with van der Waals surface area (Å²) >= 11 is 0. The minimum absolute atomic E-state index is 0.623. The van der Waals surface area contributed by atoms with Crippen molar-refractivity contribution in [1.82, 2.24) is 9.38 Å². The van der Waals surface area contributed by atoms with Gasteiger partial charge in [-0.1, -0.05) is 49.0 Å². The number of pyridine rings is 1. The molecule has 5 heteroatoms. The monoisotopic (exact) mass is 408 g/mol. The van der Waals surface area contributed by atoms with E-state index in [1.807, 2.05) is 36.4 Å². The van der Waals surface area contributed by atoms with Crippen molar-refractivity contribution < 1.29 is 4.90 Å². The molecule has 1 saturated heterocycles. The number of hydrogen-bond acceptors (Lipinski definition) is 3. The summed E-state index contributed by atoms with van der Waals surface area (Å²) in [6, 6.07) is 22.9. The number of rotatable bonds is 4. The van der Waals surface area contributed by atoms with Gasteiger partial charge in [-0.15, -0.1) is 0 Å². The van der Waals surface area contributed by atoms with Crippen molar-refractivity contribution in [3.63, 3.8) is 0 Å². The molecule has 0 radical (unpaired) electrons. The van der Waals surface area contributed by atoms with Crippen molar-refractivity contribution in [2.75, 3.05) is 37.6 Å². The molecule has 0 spiro atoms. The van der Waals surface area contributed by atoms with Crippen LogP contribution in [0.15, 0.2) is 72.8 Å². The Labute approximate surface area is 182 Å². The summed E-state index contributed by atoms with van der Waals surface area (Å²) in [5.74, 6) is 1.11. The van der Waals surface area contributed by atoms with Gasteiger partial charge in [0.15, 0.2) is 5.65 Å². The van der Waals surface area contributed by atoms with Crippen LogP contribution in [0.5, 0.6) is 0 Å². The molecule has 2 aromatic heterocycles. The van der Waals surface area contributed by atoms with Gasteiger partial charge in [0.25, 0.3) is 0 Å². The van der Waals surface area contributed by atoms with Crippen LogP contribution in [0, 0.1) is 11.3 Å². The predicted molar refractivity (Wildman–Crippen MR) is 125 cm³/mol. The molecule has 1 fully saturated rings. The number of fused-ring (bicyclic) bond motifs is 3. The van der Waals surface area contributed by atoms with E-state index in [0.717, 1.165) is 66.3 Å². The van der Waals surface area contributed by atoms with Gasteiger partial charge in [-0.05, 0) is 36.3 Å². The van der Waals surface area contributed by atoms with Crippen LogP contribution < -0.4 is 9.80 Å². The highest BCUT2D eigenvalue weighted by Gasteiger charge is 2.25. The van der Waals surface area contributed by atoms with Gasteiger partial charge in [-0.3, -0.25) is 4.40 Å². The molecule has 1 aliphatic heterocycles. The minimum atomic E-state index is 0.623. The molecule has 1 N–H and O–H groups in total. The molecule has 0 bridgehead atoms. The summed E-state index contributed by atoms with van der Waals surface area (Å²) in [5, 5.41) is 10.1. The van der Waals surface area contributed by atoms with Gasteiger partial charge in [0.1, 0.15) is 17.5 Å². The first-order chi connectivity index (χ1) is 15.2. The average Bonchev–Trinajstić information content (AvgIpc) is 3.18. The summed E-state index contributed by atoms with van der Waals surface area (Å²) in [6.45, 7) is 11.3. The third kappa shape index (κ3) is 3.45. The zero-order valence-electron chi connectivity index (χ0n) is 17.8. The van der Waals surface area contributed by atoms with Crippen LogP contribution in [0.1, 0.15) is 12.5 Å². The molecule has 0 saturated carbocycles. The Bertz CT molecular complexity index is 1300. The molecule has 2 aromatic carbocycles. The topological polar surface area (TPSA) is 48.8 Å². The highest BCUT2D eigenvalue weighted by Crippen LogP contribution is 2.34.